The number of nitrogens with zero attached hydrogens (tertiary/aromatic N) is 1. The largest absolute Gasteiger partial charge is 0.493 e. The molecule has 3 atom stereocenters. The molecule has 0 aliphatic carbocycles. The number of morpholine rings is 1. The fraction of sp³-hybridized carbons (Fsp3) is 0.643. The lowest BCUT2D eigenvalue weighted by molar-refractivity contribution is -0.137. The summed E-state index contributed by atoms with van der Waals surface area (Å²) < 4.78 is 48.7. The van der Waals surface area contributed by atoms with Crippen LogP contribution in [0.2, 0.25) is 0 Å². The number of anilines is 1. The van der Waals surface area contributed by atoms with Crippen molar-refractivity contribution in [1.82, 2.24) is 10.3 Å². The van der Waals surface area contributed by atoms with Crippen LogP contribution in [0.5, 0.6) is 5.75 Å². The molecule has 2 rings (SSSR count). The lowest BCUT2D eigenvalue weighted by Crippen LogP contribution is -2.53. The molecule has 0 spiro atoms. The zero-order chi connectivity index (χ0) is 16.3. The zero-order valence-electron chi connectivity index (χ0n) is 12.7. The first-order valence-electron chi connectivity index (χ1n) is 7.05. The molecule has 22 heavy (non-hydrogen) atoms. The summed E-state index contributed by atoms with van der Waals surface area (Å²) in [5.74, 6) is 0.343. The van der Waals surface area contributed by atoms with E-state index >= 15 is 0 Å². The topological polar surface area (TPSA) is 55.4 Å². The SMILES string of the molecule is COc1cc(C(F)(F)F)cnc1NC[C@H]1NC[C@@H](C)O[C@H]1C. The molecule has 124 valence electrons. The van der Waals surface area contributed by atoms with E-state index in [4.69, 9.17) is 9.47 Å². The van der Waals surface area contributed by atoms with E-state index in [0.717, 1.165) is 18.8 Å². The number of pyridine rings is 1. The van der Waals surface area contributed by atoms with Crippen LogP contribution in [0.4, 0.5) is 19.0 Å². The highest BCUT2D eigenvalue weighted by molar-refractivity contribution is 5.51. The second-order valence-corrected chi connectivity index (χ2v) is 5.32. The quantitative estimate of drug-likeness (QED) is 0.892. The van der Waals surface area contributed by atoms with Crippen LogP contribution >= 0.6 is 0 Å². The molecule has 1 fully saturated rings. The van der Waals surface area contributed by atoms with Gasteiger partial charge in [-0.2, -0.15) is 13.2 Å². The van der Waals surface area contributed by atoms with E-state index in [1.807, 2.05) is 13.8 Å². The number of hydrogen-bond donors (Lipinski definition) is 2. The van der Waals surface area contributed by atoms with Crippen molar-refractivity contribution in [1.29, 1.82) is 0 Å². The van der Waals surface area contributed by atoms with Crippen molar-refractivity contribution in [3.8, 4) is 5.75 Å². The molecule has 5 nitrogen and oxygen atoms in total. The summed E-state index contributed by atoms with van der Waals surface area (Å²) in [6.45, 7) is 5.14. The van der Waals surface area contributed by atoms with Gasteiger partial charge in [-0.25, -0.2) is 4.98 Å². The molecular weight excluding hydrogens is 299 g/mol. The van der Waals surface area contributed by atoms with Crippen LogP contribution < -0.4 is 15.4 Å². The van der Waals surface area contributed by atoms with Gasteiger partial charge in [0.15, 0.2) is 11.6 Å². The van der Waals surface area contributed by atoms with Gasteiger partial charge in [-0.15, -0.1) is 0 Å². The molecule has 1 aromatic heterocycles. The van der Waals surface area contributed by atoms with Crippen LogP contribution in [-0.2, 0) is 10.9 Å². The van der Waals surface area contributed by atoms with E-state index in [-0.39, 0.29) is 29.8 Å². The van der Waals surface area contributed by atoms with Gasteiger partial charge in [-0.3, -0.25) is 0 Å². The Hall–Kier alpha value is -1.54. The third-order valence-corrected chi connectivity index (χ3v) is 3.57. The molecule has 0 saturated carbocycles. The standard InChI is InChI=1S/C14H20F3N3O2/c1-8-5-18-11(9(2)22-8)7-20-13-12(21-3)4-10(6-19-13)14(15,16)17/h4,6,8-9,11,18H,5,7H2,1-3H3,(H,19,20)/t8-,9+,11-/m1/s1. The van der Waals surface area contributed by atoms with E-state index in [2.05, 4.69) is 15.6 Å². The van der Waals surface area contributed by atoms with Crippen molar-refractivity contribution in [2.75, 3.05) is 25.5 Å². The molecule has 0 radical (unpaired) electrons. The van der Waals surface area contributed by atoms with Crippen molar-refractivity contribution in [3.63, 3.8) is 0 Å². The number of rotatable bonds is 4. The van der Waals surface area contributed by atoms with Crippen molar-refractivity contribution in [2.45, 2.75) is 38.3 Å². The maximum atomic E-state index is 12.7. The van der Waals surface area contributed by atoms with Gasteiger partial charge < -0.3 is 20.1 Å². The molecular formula is C14H20F3N3O2. The minimum absolute atomic E-state index is 0.00306. The van der Waals surface area contributed by atoms with Crippen LogP contribution in [0.25, 0.3) is 0 Å². The summed E-state index contributed by atoms with van der Waals surface area (Å²) in [5.41, 5.74) is -0.837. The van der Waals surface area contributed by atoms with Crippen molar-refractivity contribution in [2.24, 2.45) is 0 Å². The Morgan fingerprint density at radius 1 is 1.45 bits per heavy atom. The van der Waals surface area contributed by atoms with Gasteiger partial charge in [0, 0.05) is 19.3 Å². The van der Waals surface area contributed by atoms with Gasteiger partial charge in [-0.05, 0) is 19.9 Å². The van der Waals surface area contributed by atoms with E-state index < -0.39 is 11.7 Å². The third-order valence-electron chi connectivity index (χ3n) is 3.57. The van der Waals surface area contributed by atoms with Crippen LogP contribution in [0.1, 0.15) is 19.4 Å². The van der Waals surface area contributed by atoms with E-state index in [0.29, 0.717) is 6.54 Å². The number of methoxy groups -OCH3 is 1. The van der Waals surface area contributed by atoms with Gasteiger partial charge in [0.05, 0.1) is 30.9 Å². The Balaban J connectivity index is 2.03. The normalized spacial score (nSPS) is 25.8. The number of hydrogen-bond acceptors (Lipinski definition) is 5. The molecule has 1 aromatic rings. The molecule has 0 aromatic carbocycles. The second-order valence-electron chi connectivity index (χ2n) is 5.32. The van der Waals surface area contributed by atoms with Gasteiger partial charge in [0.1, 0.15) is 0 Å². The Bertz CT molecular complexity index is 511. The highest BCUT2D eigenvalue weighted by Gasteiger charge is 2.32. The summed E-state index contributed by atoms with van der Waals surface area (Å²) in [7, 11) is 1.31. The molecule has 0 bridgehead atoms. The number of aromatic nitrogens is 1. The molecule has 2 N–H and O–H groups in total. The predicted molar refractivity (Wildman–Crippen MR) is 76.1 cm³/mol. The minimum Gasteiger partial charge on any atom is -0.493 e. The highest BCUT2D eigenvalue weighted by Crippen LogP contribution is 2.33. The average molecular weight is 319 g/mol. The first-order chi connectivity index (χ1) is 10.3. The lowest BCUT2D eigenvalue weighted by atomic mass is 10.1. The summed E-state index contributed by atoms with van der Waals surface area (Å²) in [4.78, 5) is 3.82. The molecule has 2 heterocycles. The summed E-state index contributed by atoms with van der Waals surface area (Å²) >= 11 is 0. The van der Waals surface area contributed by atoms with Crippen molar-refractivity contribution >= 4 is 5.82 Å². The Labute approximate surface area is 127 Å². The van der Waals surface area contributed by atoms with Crippen LogP contribution in [0.15, 0.2) is 12.3 Å². The van der Waals surface area contributed by atoms with E-state index in [1.165, 1.54) is 7.11 Å². The first kappa shape index (κ1) is 16.8. The smallest absolute Gasteiger partial charge is 0.418 e. The Kier molecular flexibility index (Phi) is 5.12. The van der Waals surface area contributed by atoms with Gasteiger partial charge in [0.25, 0.3) is 0 Å². The molecule has 0 unspecified atom stereocenters. The lowest BCUT2D eigenvalue weighted by Gasteiger charge is -2.34. The number of halogens is 3. The van der Waals surface area contributed by atoms with E-state index in [1.54, 1.807) is 0 Å². The number of nitrogens with one attached hydrogen (secondary N) is 2. The summed E-state index contributed by atoms with van der Waals surface area (Å²) in [6, 6.07) is 0.982. The minimum atomic E-state index is -4.44. The van der Waals surface area contributed by atoms with Crippen LogP contribution in [-0.4, -0.2) is 43.4 Å². The first-order valence-corrected chi connectivity index (χ1v) is 7.05. The maximum absolute atomic E-state index is 12.7. The van der Waals surface area contributed by atoms with Crippen LogP contribution in [0, 0.1) is 0 Å². The van der Waals surface area contributed by atoms with Gasteiger partial charge in [-0.1, -0.05) is 0 Å². The molecule has 0 amide bonds. The average Bonchev–Trinajstić information content (AvgIpc) is 2.45. The second kappa shape index (κ2) is 6.70. The van der Waals surface area contributed by atoms with Crippen LogP contribution in [0.3, 0.4) is 0 Å². The third kappa shape index (κ3) is 4.01. The summed E-state index contributed by atoms with van der Waals surface area (Å²) in [5, 5.41) is 6.34. The fourth-order valence-electron chi connectivity index (χ4n) is 2.33. The highest BCUT2D eigenvalue weighted by atomic mass is 19.4. The zero-order valence-corrected chi connectivity index (χ0v) is 12.7. The number of alkyl halides is 3. The molecule has 1 aliphatic heterocycles. The van der Waals surface area contributed by atoms with Gasteiger partial charge in [0.2, 0.25) is 0 Å². The maximum Gasteiger partial charge on any atom is 0.418 e. The molecule has 1 saturated heterocycles. The van der Waals surface area contributed by atoms with E-state index in [9.17, 15) is 13.2 Å². The number of ether oxygens (including phenoxy) is 2. The van der Waals surface area contributed by atoms with Gasteiger partial charge >= 0.3 is 6.18 Å². The fourth-order valence-corrected chi connectivity index (χ4v) is 2.33. The van der Waals surface area contributed by atoms with Crippen molar-refractivity contribution < 1.29 is 22.6 Å². The summed E-state index contributed by atoms with van der Waals surface area (Å²) in [6.07, 6.45) is -3.51. The monoisotopic (exact) mass is 319 g/mol. The Morgan fingerprint density at radius 3 is 2.77 bits per heavy atom. The molecule has 8 heteroatoms. The predicted octanol–water partition coefficient (Wildman–Crippen LogP) is 2.29. The Morgan fingerprint density at radius 2 is 2.18 bits per heavy atom. The molecule has 1 aliphatic rings. The van der Waals surface area contributed by atoms with Crippen molar-refractivity contribution in [3.05, 3.63) is 17.8 Å².